The van der Waals surface area contributed by atoms with Gasteiger partial charge in [0.15, 0.2) is 5.11 Å². The molecule has 8 heteroatoms. The van der Waals surface area contributed by atoms with Gasteiger partial charge < -0.3 is 20.0 Å². The van der Waals surface area contributed by atoms with Crippen molar-refractivity contribution in [2.24, 2.45) is 0 Å². The Balaban J connectivity index is 1.38. The summed E-state index contributed by atoms with van der Waals surface area (Å²) >= 11 is 18.1. The van der Waals surface area contributed by atoms with Crippen molar-refractivity contribution in [1.29, 1.82) is 0 Å². The number of amides is 1. The number of hydrogen-bond acceptors (Lipinski definition) is 3. The van der Waals surface area contributed by atoms with Gasteiger partial charge >= 0.3 is 0 Å². The number of likely N-dealkylation sites (tertiary alicyclic amines) is 1. The lowest BCUT2D eigenvalue weighted by Crippen LogP contribution is -2.54. The molecule has 2 saturated heterocycles. The number of carbonyl (C=O) groups is 1. The van der Waals surface area contributed by atoms with Crippen molar-refractivity contribution in [1.82, 2.24) is 20.0 Å². The normalized spacial score (nSPS) is 18.3. The second-order valence-corrected chi connectivity index (χ2v) is 10.8. The van der Waals surface area contributed by atoms with Gasteiger partial charge in [0.05, 0.1) is 10.0 Å². The van der Waals surface area contributed by atoms with Crippen molar-refractivity contribution in [2.75, 3.05) is 46.3 Å². The fourth-order valence-electron chi connectivity index (χ4n) is 5.13. The molecule has 2 aliphatic heterocycles. The minimum Gasteiger partial charge on any atom is -0.362 e. The highest BCUT2D eigenvalue weighted by Crippen LogP contribution is 2.30. The fraction of sp³-hybridized carbons (Fsp3) is 0.481. The Labute approximate surface area is 224 Å². The summed E-state index contributed by atoms with van der Waals surface area (Å²) in [4.78, 5) is 19.7. The van der Waals surface area contributed by atoms with Gasteiger partial charge in [-0.3, -0.25) is 4.79 Å². The molecule has 0 unspecified atom stereocenters. The van der Waals surface area contributed by atoms with Crippen LogP contribution in [0.25, 0.3) is 0 Å². The summed E-state index contributed by atoms with van der Waals surface area (Å²) in [5, 5.41) is 5.36. The van der Waals surface area contributed by atoms with Gasteiger partial charge in [-0.1, -0.05) is 47.5 Å². The van der Waals surface area contributed by atoms with E-state index in [4.69, 9.17) is 35.4 Å². The van der Waals surface area contributed by atoms with E-state index in [0.29, 0.717) is 28.2 Å². The van der Waals surface area contributed by atoms with E-state index in [1.54, 1.807) is 0 Å². The number of hydrogen-bond donors (Lipinski definition) is 1. The van der Waals surface area contributed by atoms with Crippen LogP contribution in [-0.2, 0) is 0 Å². The van der Waals surface area contributed by atoms with E-state index in [1.807, 2.05) is 60.5 Å². The summed E-state index contributed by atoms with van der Waals surface area (Å²) in [5.74, 6) is 0.196. The second kappa shape index (κ2) is 12.4. The Morgan fingerprint density at radius 1 is 1.11 bits per heavy atom. The smallest absolute Gasteiger partial charge is 0.253 e. The predicted molar refractivity (Wildman–Crippen MR) is 149 cm³/mol. The molecule has 1 N–H and O–H groups in total. The maximum absolute atomic E-state index is 13.0. The quantitative estimate of drug-likeness (QED) is 0.468. The van der Waals surface area contributed by atoms with Crippen molar-refractivity contribution >= 4 is 46.4 Å². The third-order valence-electron chi connectivity index (χ3n) is 7.18. The van der Waals surface area contributed by atoms with Crippen molar-refractivity contribution in [3.8, 4) is 0 Å². The molecule has 35 heavy (non-hydrogen) atoms. The zero-order chi connectivity index (χ0) is 24.8. The van der Waals surface area contributed by atoms with Gasteiger partial charge in [-0.2, -0.15) is 0 Å². The summed E-state index contributed by atoms with van der Waals surface area (Å²) in [6.45, 7) is 5.79. The summed E-state index contributed by atoms with van der Waals surface area (Å²) < 4.78 is 0. The molecule has 0 radical (unpaired) electrons. The molecule has 0 aliphatic carbocycles. The number of thiocarbonyl (C=S) groups is 1. The van der Waals surface area contributed by atoms with Crippen molar-refractivity contribution in [3.63, 3.8) is 0 Å². The lowest BCUT2D eigenvalue weighted by Gasteiger charge is -2.42. The standard InChI is InChI=1S/C27H34Cl2N4OS/c1-31(26(34)20-6-3-2-4-7-20)19-22(21-8-9-24(28)25(29)18-21)10-15-32-16-11-23(12-17-32)33-14-5-13-30-27(33)35/h2-4,6-9,18,22-23H,5,10-17,19H2,1H3,(H,30,35)/t22-/m1/s1. The van der Waals surface area contributed by atoms with Crippen molar-refractivity contribution in [3.05, 3.63) is 69.7 Å². The monoisotopic (exact) mass is 532 g/mol. The number of rotatable bonds is 8. The van der Waals surface area contributed by atoms with E-state index in [-0.39, 0.29) is 11.8 Å². The summed E-state index contributed by atoms with van der Waals surface area (Å²) in [5.41, 5.74) is 1.82. The SMILES string of the molecule is CN(C[C@@H](CCN1CCC(N2CCCNC2=S)CC1)c1ccc(Cl)c(Cl)c1)C(=O)c1ccccc1. The lowest BCUT2D eigenvalue weighted by molar-refractivity contribution is 0.0780. The van der Waals surface area contributed by atoms with Crippen molar-refractivity contribution < 1.29 is 4.79 Å². The van der Waals surface area contributed by atoms with Crippen LogP contribution in [0.4, 0.5) is 0 Å². The number of halogens is 2. The Morgan fingerprint density at radius 3 is 2.54 bits per heavy atom. The van der Waals surface area contributed by atoms with Gasteiger partial charge in [-0.25, -0.2) is 0 Å². The number of nitrogens with one attached hydrogen (secondary N) is 1. The molecule has 5 nitrogen and oxygen atoms in total. The van der Waals surface area contributed by atoms with Crippen LogP contribution in [0.2, 0.25) is 10.0 Å². The zero-order valence-electron chi connectivity index (χ0n) is 20.3. The molecule has 0 aromatic heterocycles. The van der Waals surface area contributed by atoms with Crippen LogP contribution in [-0.4, -0.2) is 78.1 Å². The molecule has 2 aliphatic rings. The topological polar surface area (TPSA) is 38.8 Å². The first kappa shape index (κ1) is 26.2. The van der Waals surface area contributed by atoms with Crippen LogP contribution in [0.5, 0.6) is 0 Å². The summed E-state index contributed by atoms with van der Waals surface area (Å²) in [6.07, 6.45) is 4.36. The maximum Gasteiger partial charge on any atom is 0.253 e. The molecule has 4 rings (SSSR count). The number of nitrogens with zero attached hydrogens (tertiary/aromatic N) is 3. The van der Waals surface area contributed by atoms with E-state index in [1.165, 1.54) is 0 Å². The first-order valence-electron chi connectivity index (χ1n) is 12.4. The second-order valence-electron chi connectivity index (χ2n) is 9.56. The van der Waals surface area contributed by atoms with Gasteiger partial charge in [-0.05, 0) is 74.3 Å². The van der Waals surface area contributed by atoms with Gasteiger partial charge in [0.1, 0.15) is 0 Å². The molecule has 0 saturated carbocycles. The number of benzene rings is 2. The van der Waals surface area contributed by atoms with Crippen LogP contribution in [0, 0.1) is 0 Å². The van der Waals surface area contributed by atoms with Gasteiger partial charge in [0.2, 0.25) is 0 Å². The molecule has 1 amide bonds. The third-order valence-corrected chi connectivity index (χ3v) is 8.30. The molecule has 2 aromatic rings. The van der Waals surface area contributed by atoms with E-state index in [2.05, 4.69) is 15.1 Å². The molecule has 0 spiro atoms. The molecule has 2 fully saturated rings. The minimum absolute atomic E-state index is 0.0302. The third kappa shape index (κ3) is 6.88. The average Bonchev–Trinajstić information content (AvgIpc) is 2.89. The Kier molecular flexibility index (Phi) is 9.28. The highest BCUT2D eigenvalue weighted by Gasteiger charge is 2.28. The van der Waals surface area contributed by atoms with E-state index < -0.39 is 0 Å². The van der Waals surface area contributed by atoms with Gasteiger partial charge in [-0.15, -0.1) is 0 Å². The van der Waals surface area contributed by atoms with E-state index in [0.717, 1.165) is 69.1 Å². The molecule has 1 atom stereocenters. The molecule has 2 aromatic carbocycles. The van der Waals surface area contributed by atoms with Crippen LogP contribution in [0.3, 0.4) is 0 Å². The summed E-state index contributed by atoms with van der Waals surface area (Å²) in [6, 6.07) is 15.8. The van der Waals surface area contributed by atoms with Gasteiger partial charge in [0, 0.05) is 57.3 Å². The minimum atomic E-state index is 0.0302. The first-order chi connectivity index (χ1) is 16.9. The van der Waals surface area contributed by atoms with Gasteiger partial charge in [0.25, 0.3) is 5.91 Å². The maximum atomic E-state index is 13.0. The Hall–Kier alpha value is -1.86. The first-order valence-corrected chi connectivity index (χ1v) is 13.6. The zero-order valence-corrected chi connectivity index (χ0v) is 22.6. The number of piperidine rings is 1. The average molecular weight is 534 g/mol. The molecular formula is C27H34Cl2N4OS. The van der Waals surface area contributed by atoms with Crippen LogP contribution in [0.1, 0.15) is 47.5 Å². The highest BCUT2D eigenvalue weighted by atomic mass is 35.5. The molecular weight excluding hydrogens is 499 g/mol. The molecule has 2 heterocycles. The van der Waals surface area contributed by atoms with Crippen LogP contribution in [0.15, 0.2) is 48.5 Å². The molecule has 188 valence electrons. The highest BCUT2D eigenvalue weighted by molar-refractivity contribution is 7.80. The number of likely N-dealkylation sites (N-methyl/N-ethyl adjacent to an activating group) is 1. The van der Waals surface area contributed by atoms with Crippen LogP contribution >= 0.6 is 35.4 Å². The molecule has 0 bridgehead atoms. The predicted octanol–water partition coefficient (Wildman–Crippen LogP) is 5.28. The lowest BCUT2D eigenvalue weighted by atomic mass is 9.93. The fourth-order valence-corrected chi connectivity index (χ4v) is 5.78. The van der Waals surface area contributed by atoms with Crippen LogP contribution < -0.4 is 5.32 Å². The largest absolute Gasteiger partial charge is 0.362 e. The Morgan fingerprint density at radius 2 is 1.86 bits per heavy atom. The van der Waals surface area contributed by atoms with E-state index in [9.17, 15) is 4.79 Å². The Bertz CT molecular complexity index is 1010. The van der Waals surface area contributed by atoms with Crippen molar-refractivity contribution in [2.45, 2.75) is 37.6 Å². The summed E-state index contributed by atoms with van der Waals surface area (Å²) in [7, 11) is 1.88. The number of carbonyl (C=O) groups excluding carboxylic acids is 1. The van der Waals surface area contributed by atoms with E-state index >= 15 is 0 Å².